The van der Waals surface area contributed by atoms with Crippen LogP contribution in [0.3, 0.4) is 0 Å². The summed E-state index contributed by atoms with van der Waals surface area (Å²) < 4.78 is 5.91. The molecular formula is C14H20BrNO2. The van der Waals surface area contributed by atoms with Gasteiger partial charge in [0.25, 0.3) is 5.91 Å². The summed E-state index contributed by atoms with van der Waals surface area (Å²) in [5.41, 5.74) is 0.396. The molecule has 0 fully saturated rings. The first kappa shape index (κ1) is 15.0. The van der Waals surface area contributed by atoms with Gasteiger partial charge in [0.1, 0.15) is 5.75 Å². The van der Waals surface area contributed by atoms with E-state index in [1.807, 2.05) is 26.0 Å². The molecule has 0 saturated carbocycles. The van der Waals surface area contributed by atoms with Crippen molar-refractivity contribution in [2.45, 2.75) is 39.2 Å². The molecule has 1 amide bonds. The highest BCUT2D eigenvalue weighted by Crippen LogP contribution is 2.23. The minimum Gasteiger partial charge on any atom is -0.497 e. The second-order valence-electron chi connectivity index (χ2n) is 4.93. The predicted octanol–water partition coefficient (Wildman–Crippen LogP) is 3.77. The number of carbonyl (C=O) groups excluding carboxylic acids is 1. The smallest absolute Gasteiger partial charge is 0.252 e. The van der Waals surface area contributed by atoms with Crippen molar-refractivity contribution < 1.29 is 9.53 Å². The van der Waals surface area contributed by atoms with Crippen LogP contribution in [0.2, 0.25) is 0 Å². The van der Waals surface area contributed by atoms with Gasteiger partial charge >= 0.3 is 0 Å². The van der Waals surface area contributed by atoms with E-state index in [2.05, 4.69) is 28.2 Å². The number of hydrogen-bond acceptors (Lipinski definition) is 2. The minimum absolute atomic E-state index is 0.0841. The lowest BCUT2D eigenvalue weighted by Crippen LogP contribution is -2.43. The first-order valence-corrected chi connectivity index (χ1v) is 6.85. The lowest BCUT2D eigenvalue weighted by Gasteiger charge is -2.26. The van der Waals surface area contributed by atoms with E-state index in [0.29, 0.717) is 11.3 Å². The van der Waals surface area contributed by atoms with Gasteiger partial charge in [-0.15, -0.1) is 0 Å². The summed E-state index contributed by atoms with van der Waals surface area (Å²) >= 11 is 3.39. The standard InChI is InChI=1S/C14H20BrNO2/c1-5-8-14(2,3)16-13(17)11-9-10(18-4)6-7-12(11)15/h6-7,9H,5,8H2,1-4H3,(H,16,17). The van der Waals surface area contributed by atoms with Crippen LogP contribution in [0.5, 0.6) is 5.75 Å². The number of benzene rings is 1. The summed E-state index contributed by atoms with van der Waals surface area (Å²) in [7, 11) is 1.59. The van der Waals surface area contributed by atoms with E-state index in [9.17, 15) is 4.79 Å². The SMILES string of the molecule is CCCC(C)(C)NC(=O)c1cc(OC)ccc1Br. The van der Waals surface area contributed by atoms with Gasteiger partial charge in [-0.3, -0.25) is 4.79 Å². The monoisotopic (exact) mass is 313 g/mol. The second kappa shape index (κ2) is 6.23. The molecule has 100 valence electrons. The Bertz CT molecular complexity index is 430. The van der Waals surface area contributed by atoms with Gasteiger partial charge in [0.05, 0.1) is 12.7 Å². The summed E-state index contributed by atoms with van der Waals surface area (Å²) in [6.07, 6.45) is 1.98. The van der Waals surface area contributed by atoms with Crippen molar-refractivity contribution in [1.82, 2.24) is 5.32 Å². The molecule has 0 saturated heterocycles. The van der Waals surface area contributed by atoms with Crippen LogP contribution in [0.25, 0.3) is 0 Å². The normalized spacial score (nSPS) is 11.2. The number of methoxy groups -OCH3 is 1. The highest BCUT2D eigenvalue weighted by molar-refractivity contribution is 9.10. The third-order valence-corrected chi connectivity index (χ3v) is 3.44. The van der Waals surface area contributed by atoms with Crippen molar-refractivity contribution in [3.8, 4) is 5.75 Å². The van der Waals surface area contributed by atoms with E-state index in [1.54, 1.807) is 13.2 Å². The number of rotatable bonds is 5. The van der Waals surface area contributed by atoms with Gasteiger partial charge in [-0.25, -0.2) is 0 Å². The van der Waals surface area contributed by atoms with E-state index in [1.165, 1.54) is 0 Å². The maximum absolute atomic E-state index is 12.2. The Morgan fingerprint density at radius 1 is 1.44 bits per heavy atom. The third kappa shape index (κ3) is 4.02. The van der Waals surface area contributed by atoms with Gasteiger partial charge in [-0.1, -0.05) is 13.3 Å². The zero-order valence-electron chi connectivity index (χ0n) is 11.3. The molecule has 1 N–H and O–H groups in total. The van der Waals surface area contributed by atoms with Crippen molar-refractivity contribution in [3.05, 3.63) is 28.2 Å². The number of carbonyl (C=O) groups is 1. The van der Waals surface area contributed by atoms with Crippen LogP contribution in [0.4, 0.5) is 0 Å². The molecule has 3 nitrogen and oxygen atoms in total. The lowest BCUT2D eigenvalue weighted by molar-refractivity contribution is 0.0908. The summed E-state index contributed by atoms with van der Waals surface area (Å²) in [5, 5.41) is 3.04. The van der Waals surface area contributed by atoms with Crippen LogP contribution in [-0.4, -0.2) is 18.6 Å². The van der Waals surface area contributed by atoms with Crippen LogP contribution >= 0.6 is 15.9 Å². The molecule has 0 spiro atoms. The number of nitrogens with one attached hydrogen (secondary N) is 1. The van der Waals surface area contributed by atoms with Gasteiger partial charge in [-0.05, 0) is 54.4 Å². The number of amides is 1. The Hall–Kier alpha value is -1.03. The maximum Gasteiger partial charge on any atom is 0.252 e. The molecule has 1 rings (SSSR count). The Kier molecular flexibility index (Phi) is 5.20. The molecule has 1 aromatic carbocycles. The van der Waals surface area contributed by atoms with Crippen molar-refractivity contribution in [1.29, 1.82) is 0 Å². The quantitative estimate of drug-likeness (QED) is 0.898. The third-order valence-electron chi connectivity index (χ3n) is 2.75. The Balaban J connectivity index is 2.90. The lowest BCUT2D eigenvalue weighted by atomic mass is 9.98. The van der Waals surface area contributed by atoms with E-state index in [0.717, 1.165) is 17.3 Å². The topological polar surface area (TPSA) is 38.3 Å². The fourth-order valence-corrected chi connectivity index (χ4v) is 2.29. The molecule has 0 aliphatic heterocycles. The van der Waals surface area contributed by atoms with Crippen molar-refractivity contribution >= 4 is 21.8 Å². The van der Waals surface area contributed by atoms with E-state index in [4.69, 9.17) is 4.74 Å². The van der Waals surface area contributed by atoms with Crippen LogP contribution in [-0.2, 0) is 0 Å². The largest absolute Gasteiger partial charge is 0.497 e. The van der Waals surface area contributed by atoms with Crippen molar-refractivity contribution in [3.63, 3.8) is 0 Å². The van der Waals surface area contributed by atoms with Crippen molar-refractivity contribution in [2.24, 2.45) is 0 Å². The average molecular weight is 314 g/mol. The van der Waals surface area contributed by atoms with E-state index in [-0.39, 0.29) is 11.4 Å². The Morgan fingerprint density at radius 3 is 2.67 bits per heavy atom. The molecule has 0 unspecified atom stereocenters. The summed E-state index contributed by atoms with van der Waals surface area (Å²) in [5.74, 6) is 0.593. The Morgan fingerprint density at radius 2 is 2.11 bits per heavy atom. The number of hydrogen-bond donors (Lipinski definition) is 1. The second-order valence-corrected chi connectivity index (χ2v) is 5.79. The molecule has 4 heteroatoms. The van der Waals surface area contributed by atoms with Crippen LogP contribution in [0.15, 0.2) is 22.7 Å². The number of ether oxygens (including phenoxy) is 1. The molecule has 0 aliphatic rings. The molecule has 0 atom stereocenters. The fraction of sp³-hybridized carbons (Fsp3) is 0.500. The fourth-order valence-electron chi connectivity index (χ4n) is 1.87. The van der Waals surface area contributed by atoms with Gasteiger partial charge in [0.15, 0.2) is 0 Å². The molecule has 18 heavy (non-hydrogen) atoms. The zero-order valence-corrected chi connectivity index (χ0v) is 12.9. The molecule has 1 aromatic rings. The Labute approximate surface area is 117 Å². The van der Waals surface area contributed by atoms with Crippen LogP contribution in [0, 0.1) is 0 Å². The first-order valence-electron chi connectivity index (χ1n) is 6.05. The summed E-state index contributed by atoms with van der Waals surface area (Å²) in [4.78, 5) is 12.2. The summed E-state index contributed by atoms with van der Waals surface area (Å²) in [6, 6.07) is 5.38. The van der Waals surface area contributed by atoms with Gasteiger partial charge in [0.2, 0.25) is 0 Å². The predicted molar refractivity (Wildman–Crippen MR) is 77.1 cm³/mol. The summed E-state index contributed by atoms with van der Waals surface area (Å²) in [6.45, 7) is 6.17. The van der Waals surface area contributed by atoms with E-state index < -0.39 is 0 Å². The molecule has 0 aromatic heterocycles. The van der Waals surface area contributed by atoms with Gasteiger partial charge < -0.3 is 10.1 Å². The minimum atomic E-state index is -0.200. The highest BCUT2D eigenvalue weighted by atomic mass is 79.9. The number of halogens is 1. The molecule has 0 radical (unpaired) electrons. The van der Waals surface area contributed by atoms with Crippen LogP contribution in [0.1, 0.15) is 44.0 Å². The molecule has 0 heterocycles. The van der Waals surface area contributed by atoms with E-state index >= 15 is 0 Å². The molecule has 0 bridgehead atoms. The van der Waals surface area contributed by atoms with Crippen LogP contribution < -0.4 is 10.1 Å². The van der Waals surface area contributed by atoms with Gasteiger partial charge in [0, 0.05) is 10.0 Å². The average Bonchev–Trinajstić information content (AvgIpc) is 2.28. The molecular weight excluding hydrogens is 294 g/mol. The van der Waals surface area contributed by atoms with Crippen molar-refractivity contribution in [2.75, 3.05) is 7.11 Å². The van der Waals surface area contributed by atoms with Gasteiger partial charge in [-0.2, -0.15) is 0 Å². The first-order chi connectivity index (χ1) is 8.39. The zero-order chi connectivity index (χ0) is 13.8. The maximum atomic E-state index is 12.2. The highest BCUT2D eigenvalue weighted by Gasteiger charge is 2.21. The molecule has 0 aliphatic carbocycles.